The van der Waals surface area contributed by atoms with Crippen molar-refractivity contribution < 1.29 is 4.39 Å². The summed E-state index contributed by atoms with van der Waals surface area (Å²) >= 11 is 5.70. The van der Waals surface area contributed by atoms with E-state index in [1.165, 1.54) is 37.8 Å². The van der Waals surface area contributed by atoms with Crippen LogP contribution in [0.2, 0.25) is 5.02 Å². The van der Waals surface area contributed by atoms with Gasteiger partial charge < -0.3 is 11.1 Å². The Morgan fingerprint density at radius 3 is 2.63 bits per heavy atom. The summed E-state index contributed by atoms with van der Waals surface area (Å²) in [7, 11) is 0. The summed E-state index contributed by atoms with van der Waals surface area (Å²) in [5, 5.41) is 3.43. The van der Waals surface area contributed by atoms with E-state index in [-0.39, 0.29) is 5.02 Å². The quantitative estimate of drug-likeness (QED) is 0.777. The number of halogens is 2. The Kier molecular flexibility index (Phi) is 4.92. The topological polar surface area (TPSA) is 38.0 Å². The predicted octanol–water partition coefficient (Wildman–Crippen LogP) is 4.83. The van der Waals surface area contributed by atoms with Crippen molar-refractivity contribution in [3.63, 3.8) is 0 Å². The second-order valence-corrected chi connectivity index (χ2v) is 5.91. The predicted molar refractivity (Wildman–Crippen MR) is 80.1 cm³/mol. The molecule has 0 aliphatic heterocycles. The van der Waals surface area contributed by atoms with Gasteiger partial charge in [-0.05, 0) is 37.7 Å². The zero-order valence-corrected chi connectivity index (χ0v) is 12.1. The van der Waals surface area contributed by atoms with E-state index in [2.05, 4.69) is 12.2 Å². The molecule has 0 saturated heterocycles. The lowest BCUT2D eigenvalue weighted by Crippen LogP contribution is -2.26. The van der Waals surface area contributed by atoms with E-state index in [1.54, 1.807) is 0 Å². The zero-order valence-electron chi connectivity index (χ0n) is 11.4. The summed E-state index contributed by atoms with van der Waals surface area (Å²) in [5.41, 5.74) is 7.05. The van der Waals surface area contributed by atoms with E-state index in [0.29, 0.717) is 17.4 Å². The molecule has 0 aromatic heterocycles. The minimum atomic E-state index is -0.418. The van der Waals surface area contributed by atoms with Crippen molar-refractivity contribution in [1.29, 1.82) is 0 Å². The van der Waals surface area contributed by atoms with Crippen molar-refractivity contribution in [2.75, 3.05) is 11.1 Å². The lowest BCUT2D eigenvalue weighted by atomic mass is 9.83. The average Bonchev–Trinajstić information content (AvgIpc) is 2.38. The van der Waals surface area contributed by atoms with Crippen LogP contribution in [-0.4, -0.2) is 6.04 Å². The molecule has 1 aliphatic rings. The molecule has 0 bridgehead atoms. The summed E-state index contributed by atoms with van der Waals surface area (Å²) in [5.74, 6) is 0.445. The molecule has 0 spiro atoms. The fourth-order valence-electron chi connectivity index (χ4n) is 2.91. The molecular formula is C15H22ClFN2. The SMILES string of the molecule is CCCC1CCC(Nc2cc(F)c(Cl)cc2N)CC1. The largest absolute Gasteiger partial charge is 0.397 e. The molecule has 1 aromatic rings. The van der Waals surface area contributed by atoms with Gasteiger partial charge in [0, 0.05) is 12.1 Å². The van der Waals surface area contributed by atoms with Gasteiger partial charge in [0.05, 0.1) is 16.4 Å². The van der Waals surface area contributed by atoms with Gasteiger partial charge in [0.15, 0.2) is 0 Å². The highest BCUT2D eigenvalue weighted by Crippen LogP contribution is 2.32. The highest BCUT2D eigenvalue weighted by molar-refractivity contribution is 6.31. The van der Waals surface area contributed by atoms with E-state index in [4.69, 9.17) is 17.3 Å². The summed E-state index contributed by atoms with van der Waals surface area (Å²) in [6, 6.07) is 3.27. The van der Waals surface area contributed by atoms with Crippen molar-refractivity contribution in [1.82, 2.24) is 0 Å². The van der Waals surface area contributed by atoms with Gasteiger partial charge in [-0.15, -0.1) is 0 Å². The lowest BCUT2D eigenvalue weighted by molar-refractivity contribution is 0.319. The molecule has 0 radical (unpaired) electrons. The molecule has 0 atom stereocenters. The van der Waals surface area contributed by atoms with Gasteiger partial charge in [0.25, 0.3) is 0 Å². The molecule has 1 aliphatic carbocycles. The number of anilines is 2. The van der Waals surface area contributed by atoms with E-state index in [0.717, 1.165) is 18.8 Å². The van der Waals surface area contributed by atoms with Crippen LogP contribution in [0, 0.1) is 11.7 Å². The minimum absolute atomic E-state index is 0.0784. The van der Waals surface area contributed by atoms with Crippen LogP contribution >= 0.6 is 11.6 Å². The second kappa shape index (κ2) is 6.47. The first-order chi connectivity index (χ1) is 9.10. The molecule has 3 N–H and O–H groups in total. The zero-order chi connectivity index (χ0) is 13.8. The fourth-order valence-corrected chi connectivity index (χ4v) is 3.08. The Bertz CT molecular complexity index is 428. The van der Waals surface area contributed by atoms with Crippen LogP contribution in [-0.2, 0) is 0 Å². The van der Waals surface area contributed by atoms with Gasteiger partial charge in [0.1, 0.15) is 5.82 Å². The van der Waals surface area contributed by atoms with Crippen molar-refractivity contribution in [3.05, 3.63) is 23.0 Å². The standard InChI is InChI=1S/C15H22ClFN2/c1-2-3-10-4-6-11(7-5-10)19-15-9-13(17)12(16)8-14(15)18/h8-11,19H,2-7,18H2,1H3. The second-order valence-electron chi connectivity index (χ2n) is 5.50. The molecular weight excluding hydrogens is 263 g/mol. The van der Waals surface area contributed by atoms with Crippen LogP contribution < -0.4 is 11.1 Å². The van der Waals surface area contributed by atoms with Gasteiger partial charge in [-0.2, -0.15) is 0 Å². The Hall–Kier alpha value is -0.960. The molecule has 1 aromatic carbocycles. The van der Waals surface area contributed by atoms with Crippen LogP contribution in [0.3, 0.4) is 0 Å². The maximum absolute atomic E-state index is 13.4. The number of hydrogen-bond acceptors (Lipinski definition) is 2. The van der Waals surface area contributed by atoms with Gasteiger partial charge >= 0.3 is 0 Å². The highest BCUT2D eigenvalue weighted by atomic mass is 35.5. The third-order valence-corrected chi connectivity index (χ3v) is 4.29. The number of nitrogen functional groups attached to an aromatic ring is 1. The van der Waals surface area contributed by atoms with E-state index in [9.17, 15) is 4.39 Å². The minimum Gasteiger partial charge on any atom is -0.397 e. The fraction of sp³-hybridized carbons (Fsp3) is 0.600. The van der Waals surface area contributed by atoms with Crippen LogP contribution in [0.15, 0.2) is 12.1 Å². The van der Waals surface area contributed by atoms with Crippen LogP contribution in [0.5, 0.6) is 0 Å². The molecule has 1 fully saturated rings. The number of hydrogen-bond donors (Lipinski definition) is 2. The van der Waals surface area contributed by atoms with E-state index in [1.807, 2.05) is 0 Å². The molecule has 1 saturated carbocycles. The molecule has 2 rings (SSSR count). The molecule has 0 heterocycles. The summed E-state index contributed by atoms with van der Waals surface area (Å²) in [6.07, 6.45) is 7.36. The van der Waals surface area contributed by atoms with E-state index < -0.39 is 5.82 Å². The van der Waals surface area contributed by atoms with Gasteiger partial charge in [-0.1, -0.05) is 31.4 Å². The van der Waals surface area contributed by atoms with Gasteiger partial charge in [0.2, 0.25) is 0 Å². The average molecular weight is 285 g/mol. The highest BCUT2D eigenvalue weighted by Gasteiger charge is 2.21. The lowest BCUT2D eigenvalue weighted by Gasteiger charge is -2.30. The normalized spacial score (nSPS) is 23.3. The maximum atomic E-state index is 13.4. The van der Waals surface area contributed by atoms with Crippen molar-refractivity contribution in [2.45, 2.75) is 51.5 Å². The van der Waals surface area contributed by atoms with E-state index >= 15 is 0 Å². The maximum Gasteiger partial charge on any atom is 0.143 e. The first kappa shape index (κ1) is 14.4. The molecule has 0 unspecified atom stereocenters. The summed E-state index contributed by atoms with van der Waals surface area (Å²) in [4.78, 5) is 0. The molecule has 106 valence electrons. The van der Waals surface area contributed by atoms with Crippen LogP contribution in [0.25, 0.3) is 0 Å². The van der Waals surface area contributed by atoms with Crippen molar-refractivity contribution in [3.8, 4) is 0 Å². The Balaban J connectivity index is 1.94. The third kappa shape index (κ3) is 3.75. The number of benzene rings is 1. The smallest absolute Gasteiger partial charge is 0.143 e. The first-order valence-electron chi connectivity index (χ1n) is 7.11. The van der Waals surface area contributed by atoms with Gasteiger partial charge in [-0.25, -0.2) is 4.39 Å². The first-order valence-corrected chi connectivity index (χ1v) is 7.49. The summed E-state index contributed by atoms with van der Waals surface area (Å²) in [6.45, 7) is 2.24. The third-order valence-electron chi connectivity index (χ3n) is 4.00. The molecule has 0 amide bonds. The number of nitrogens with one attached hydrogen (secondary N) is 1. The van der Waals surface area contributed by atoms with Crippen molar-refractivity contribution >= 4 is 23.0 Å². The Morgan fingerprint density at radius 1 is 1.32 bits per heavy atom. The summed E-state index contributed by atoms with van der Waals surface area (Å²) < 4.78 is 13.4. The monoisotopic (exact) mass is 284 g/mol. The Labute approximate surface area is 119 Å². The van der Waals surface area contributed by atoms with Gasteiger partial charge in [-0.3, -0.25) is 0 Å². The van der Waals surface area contributed by atoms with Crippen LogP contribution in [0.4, 0.5) is 15.8 Å². The number of rotatable bonds is 4. The number of nitrogens with two attached hydrogens (primary N) is 1. The molecule has 19 heavy (non-hydrogen) atoms. The Morgan fingerprint density at radius 2 is 2.00 bits per heavy atom. The molecule has 4 heteroatoms. The molecule has 2 nitrogen and oxygen atoms in total. The van der Waals surface area contributed by atoms with Crippen molar-refractivity contribution in [2.24, 2.45) is 5.92 Å². The van der Waals surface area contributed by atoms with Crippen LogP contribution in [0.1, 0.15) is 45.4 Å².